The van der Waals surface area contributed by atoms with E-state index in [9.17, 15) is 9.59 Å². The SMILES string of the molecule is CCNC(=O)CSc1nc2sc3c(c2c(=O)n1-c1ccc(C)c(Cl)c1)CCCC3. The first-order valence-corrected chi connectivity index (χ1v) is 11.9. The van der Waals surface area contributed by atoms with Crippen LogP contribution < -0.4 is 10.9 Å². The third-order valence-corrected chi connectivity index (χ3v) is 7.61. The van der Waals surface area contributed by atoms with E-state index in [1.54, 1.807) is 22.0 Å². The molecule has 8 heteroatoms. The number of fused-ring (bicyclic) bond motifs is 3. The summed E-state index contributed by atoms with van der Waals surface area (Å²) in [6, 6.07) is 5.57. The second-order valence-electron chi connectivity index (χ2n) is 7.10. The van der Waals surface area contributed by atoms with Gasteiger partial charge in [0.1, 0.15) is 4.83 Å². The molecule has 0 radical (unpaired) electrons. The fourth-order valence-corrected chi connectivity index (χ4v) is 5.93. The molecule has 0 saturated carbocycles. The van der Waals surface area contributed by atoms with Crippen molar-refractivity contribution in [3.63, 3.8) is 0 Å². The molecule has 0 bridgehead atoms. The molecule has 4 rings (SSSR count). The van der Waals surface area contributed by atoms with Crippen LogP contribution in [0.3, 0.4) is 0 Å². The van der Waals surface area contributed by atoms with E-state index in [-0.39, 0.29) is 17.2 Å². The molecule has 29 heavy (non-hydrogen) atoms. The number of hydrogen-bond acceptors (Lipinski definition) is 5. The number of nitrogens with one attached hydrogen (secondary N) is 1. The molecular formula is C21H22ClN3O2S2. The van der Waals surface area contributed by atoms with E-state index in [1.807, 2.05) is 26.0 Å². The molecule has 0 atom stereocenters. The van der Waals surface area contributed by atoms with Gasteiger partial charge in [0.15, 0.2) is 5.16 Å². The van der Waals surface area contributed by atoms with E-state index in [2.05, 4.69) is 5.32 Å². The summed E-state index contributed by atoms with van der Waals surface area (Å²) in [6.45, 7) is 4.38. The molecule has 5 nitrogen and oxygen atoms in total. The first-order chi connectivity index (χ1) is 14.0. The molecule has 152 valence electrons. The monoisotopic (exact) mass is 447 g/mol. The second-order valence-corrected chi connectivity index (χ2v) is 9.53. The molecule has 1 aromatic carbocycles. The van der Waals surface area contributed by atoms with E-state index in [4.69, 9.17) is 16.6 Å². The molecule has 1 aliphatic carbocycles. The number of hydrogen-bond donors (Lipinski definition) is 1. The van der Waals surface area contributed by atoms with Crippen molar-refractivity contribution in [3.05, 3.63) is 49.6 Å². The molecule has 0 unspecified atom stereocenters. The normalized spacial score (nSPS) is 13.5. The van der Waals surface area contributed by atoms with Gasteiger partial charge in [-0.05, 0) is 62.8 Å². The lowest BCUT2D eigenvalue weighted by Crippen LogP contribution is -2.26. The minimum atomic E-state index is -0.0780. The first-order valence-electron chi connectivity index (χ1n) is 9.73. The lowest BCUT2D eigenvalue weighted by atomic mass is 9.97. The summed E-state index contributed by atoms with van der Waals surface area (Å²) in [6.07, 6.45) is 4.18. The number of nitrogens with zero attached hydrogens (tertiary/aromatic N) is 2. The highest BCUT2D eigenvalue weighted by molar-refractivity contribution is 7.99. The predicted molar refractivity (Wildman–Crippen MR) is 121 cm³/mol. The van der Waals surface area contributed by atoms with E-state index in [0.29, 0.717) is 22.4 Å². The summed E-state index contributed by atoms with van der Waals surface area (Å²) < 4.78 is 1.61. The molecule has 0 aliphatic heterocycles. The fraction of sp³-hybridized carbons (Fsp3) is 0.381. The van der Waals surface area contributed by atoms with Crippen molar-refractivity contribution in [3.8, 4) is 5.69 Å². The third kappa shape index (κ3) is 3.96. The third-order valence-electron chi connectivity index (χ3n) is 5.08. The van der Waals surface area contributed by atoms with Crippen molar-refractivity contribution < 1.29 is 4.79 Å². The number of halogens is 1. The summed E-state index contributed by atoms with van der Waals surface area (Å²) in [5.74, 6) is 0.127. The minimum absolute atomic E-state index is 0.0762. The molecule has 1 N–H and O–H groups in total. The maximum Gasteiger partial charge on any atom is 0.267 e. The van der Waals surface area contributed by atoms with Crippen LogP contribution in [0.4, 0.5) is 0 Å². The van der Waals surface area contributed by atoms with Crippen LogP contribution >= 0.6 is 34.7 Å². The van der Waals surface area contributed by atoms with Gasteiger partial charge >= 0.3 is 0 Å². The van der Waals surface area contributed by atoms with Gasteiger partial charge < -0.3 is 5.32 Å². The largest absolute Gasteiger partial charge is 0.356 e. The second kappa shape index (κ2) is 8.50. The van der Waals surface area contributed by atoms with Gasteiger partial charge in [-0.15, -0.1) is 11.3 Å². The van der Waals surface area contributed by atoms with E-state index in [1.165, 1.54) is 16.6 Å². The topological polar surface area (TPSA) is 64.0 Å². The number of thioether (sulfide) groups is 1. The number of aromatic nitrogens is 2. The molecule has 0 saturated heterocycles. The van der Waals surface area contributed by atoms with Crippen molar-refractivity contribution >= 4 is 50.8 Å². The summed E-state index contributed by atoms with van der Waals surface area (Å²) in [4.78, 5) is 32.5. The van der Waals surface area contributed by atoms with E-state index in [0.717, 1.165) is 47.0 Å². The van der Waals surface area contributed by atoms with Gasteiger partial charge in [-0.2, -0.15) is 0 Å². The Hall–Kier alpha value is -1.83. The van der Waals surface area contributed by atoms with Crippen molar-refractivity contribution in [2.45, 2.75) is 44.7 Å². The van der Waals surface area contributed by atoms with Gasteiger partial charge in [-0.25, -0.2) is 4.98 Å². The van der Waals surface area contributed by atoms with E-state index < -0.39 is 0 Å². The molecule has 1 aliphatic rings. The highest BCUT2D eigenvalue weighted by atomic mass is 35.5. The van der Waals surface area contributed by atoms with Gasteiger partial charge in [0.25, 0.3) is 5.56 Å². The average molecular weight is 448 g/mol. The fourth-order valence-electron chi connectivity index (χ4n) is 3.61. The Kier molecular flexibility index (Phi) is 5.99. The van der Waals surface area contributed by atoms with Crippen molar-refractivity contribution in [1.29, 1.82) is 0 Å². The zero-order chi connectivity index (χ0) is 20.5. The Labute approximate surface area is 182 Å². The maximum atomic E-state index is 13.6. The molecule has 2 aromatic heterocycles. The number of aryl methyl sites for hydroxylation is 3. The van der Waals surface area contributed by atoms with Gasteiger partial charge in [0, 0.05) is 16.4 Å². The summed E-state index contributed by atoms with van der Waals surface area (Å²) in [7, 11) is 0. The molecular weight excluding hydrogens is 426 g/mol. The van der Waals surface area contributed by atoms with Gasteiger partial charge in [0.2, 0.25) is 5.91 Å². The lowest BCUT2D eigenvalue weighted by Gasteiger charge is -2.14. The van der Waals surface area contributed by atoms with Crippen LogP contribution in [0.25, 0.3) is 15.9 Å². The van der Waals surface area contributed by atoms with Gasteiger partial charge in [-0.1, -0.05) is 29.4 Å². The van der Waals surface area contributed by atoms with Gasteiger partial charge in [-0.3, -0.25) is 14.2 Å². The van der Waals surface area contributed by atoms with Crippen LogP contribution in [0.5, 0.6) is 0 Å². The molecule has 2 heterocycles. The zero-order valence-corrected chi connectivity index (χ0v) is 18.8. The molecule has 1 amide bonds. The van der Waals surface area contributed by atoms with Crippen LogP contribution in [0, 0.1) is 6.92 Å². The number of benzene rings is 1. The number of rotatable bonds is 5. The molecule has 0 fully saturated rings. The Morgan fingerprint density at radius 3 is 2.90 bits per heavy atom. The van der Waals surface area contributed by atoms with Crippen molar-refractivity contribution in [2.24, 2.45) is 0 Å². The number of thiophene rings is 1. The van der Waals surface area contributed by atoms with Crippen LogP contribution in [-0.4, -0.2) is 27.8 Å². The van der Waals surface area contributed by atoms with Crippen LogP contribution in [0.1, 0.15) is 35.8 Å². The smallest absolute Gasteiger partial charge is 0.267 e. The van der Waals surface area contributed by atoms with Crippen LogP contribution in [0.2, 0.25) is 5.02 Å². The van der Waals surface area contributed by atoms with Crippen molar-refractivity contribution in [2.75, 3.05) is 12.3 Å². The zero-order valence-electron chi connectivity index (χ0n) is 16.4. The standard InChI is InChI=1S/C21H22ClN3O2S2/c1-3-23-17(26)11-28-21-24-19-18(14-6-4-5-7-16(14)29-19)20(27)25(21)13-9-8-12(2)15(22)10-13/h8-10H,3-7,11H2,1-2H3,(H,23,26). The Morgan fingerprint density at radius 1 is 1.34 bits per heavy atom. The minimum Gasteiger partial charge on any atom is -0.356 e. The molecule has 0 spiro atoms. The highest BCUT2D eigenvalue weighted by Crippen LogP contribution is 2.35. The lowest BCUT2D eigenvalue weighted by molar-refractivity contribution is -0.118. The van der Waals surface area contributed by atoms with E-state index >= 15 is 0 Å². The number of amides is 1. The quantitative estimate of drug-likeness (QED) is 0.461. The summed E-state index contributed by atoms with van der Waals surface area (Å²) in [5, 5.41) is 4.63. The highest BCUT2D eigenvalue weighted by Gasteiger charge is 2.23. The van der Waals surface area contributed by atoms with Crippen LogP contribution in [-0.2, 0) is 17.6 Å². The average Bonchev–Trinajstić information content (AvgIpc) is 3.07. The molecule has 3 aromatic rings. The number of carbonyl (C=O) groups is 1. The van der Waals surface area contributed by atoms with Crippen LogP contribution in [0.15, 0.2) is 28.2 Å². The first kappa shape index (κ1) is 20.4. The van der Waals surface area contributed by atoms with Gasteiger partial charge in [0.05, 0.1) is 16.8 Å². The predicted octanol–water partition coefficient (Wildman–Crippen LogP) is 4.52. The Balaban J connectivity index is 1.90. The van der Waals surface area contributed by atoms with Crippen molar-refractivity contribution in [1.82, 2.24) is 14.9 Å². The maximum absolute atomic E-state index is 13.6. The summed E-state index contributed by atoms with van der Waals surface area (Å²) >= 11 is 9.24. The summed E-state index contributed by atoms with van der Waals surface area (Å²) in [5.41, 5.74) is 2.70. The number of carbonyl (C=O) groups excluding carboxylic acids is 1. The Morgan fingerprint density at radius 2 is 2.14 bits per heavy atom. The Bertz CT molecular complexity index is 1150.